The Kier molecular flexibility index (Phi) is 4.74. The lowest BCUT2D eigenvalue weighted by atomic mass is 10.1. The molecule has 1 aromatic rings. The van der Waals surface area contributed by atoms with Crippen molar-refractivity contribution in [3.8, 4) is 0 Å². The molecule has 5 nitrogen and oxygen atoms in total. The molecule has 1 saturated heterocycles. The molecular formula is C14H20N2O3. The van der Waals surface area contributed by atoms with E-state index in [0.29, 0.717) is 17.4 Å². The molecular weight excluding hydrogens is 244 g/mol. The summed E-state index contributed by atoms with van der Waals surface area (Å²) in [5.41, 5.74) is 0.515. The number of anilines is 1. The summed E-state index contributed by atoms with van der Waals surface area (Å²) >= 11 is 0. The van der Waals surface area contributed by atoms with Gasteiger partial charge in [-0.2, -0.15) is 0 Å². The first-order chi connectivity index (χ1) is 9.27. The lowest BCUT2D eigenvalue weighted by Gasteiger charge is -2.26. The van der Waals surface area contributed by atoms with Crippen LogP contribution in [0.15, 0.2) is 18.3 Å². The van der Waals surface area contributed by atoms with E-state index < -0.39 is 0 Å². The molecule has 1 atom stereocenters. The summed E-state index contributed by atoms with van der Waals surface area (Å²) in [4.78, 5) is 18.3. The number of aromatic nitrogens is 1. The Morgan fingerprint density at radius 3 is 3.21 bits per heavy atom. The zero-order valence-corrected chi connectivity index (χ0v) is 11.2. The van der Waals surface area contributed by atoms with Gasteiger partial charge in [-0.25, -0.2) is 9.78 Å². The van der Waals surface area contributed by atoms with E-state index in [0.717, 1.165) is 32.2 Å². The molecule has 1 aliphatic rings. The first-order valence-electron chi connectivity index (χ1n) is 6.68. The van der Waals surface area contributed by atoms with E-state index in [4.69, 9.17) is 9.84 Å². The summed E-state index contributed by atoms with van der Waals surface area (Å²) < 4.78 is 4.81. The molecule has 2 heterocycles. The number of hydrogen-bond acceptors (Lipinski definition) is 5. The third kappa shape index (κ3) is 3.04. The van der Waals surface area contributed by atoms with Crippen LogP contribution < -0.4 is 4.90 Å². The summed E-state index contributed by atoms with van der Waals surface area (Å²) in [5.74, 6) is 0.352. The molecule has 104 valence electrons. The zero-order chi connectivity index (χ0) is 13.7. The number of methoxy groups -OCH3 is 1. The maximum absolute atomic E-state index is 11.8. The molecule has 1 aromatic heterocycles. The predicted molar refractivity (Wildman–Crippen MR) is 72.3 cm³/mol. The highest BCUT2D eigenvalue weighted by Crippen LogP contribution is 2.29. The van der Waals surface area contributed by atoms with Gasteiger partial charge in [-0.15, -0.1) is 0 Å². The normalized spacial score (nSPS) is 18.6. The van der Waals surface area contributed by atoms with Gasteiger partial charge in [0.1, 0.15) is 11.4 Å². The van der Waals surface area contributed by atoms with Crippen LogP contribution in [-0.4, -0.2) is 42.4 Å². The molecule has 0 bridgehead atoms. The van der Waals surface area contributed by atoms with Crippen molar-refractivity contribution < 1.29 is 14.6 Å². The maximum Gasteiger partial charge on any atom is 0.341 e. The van der Waals surface area contributed by atoms with Gasteiger partial charge in [0.15, 0.2) is 0 Å². The summed E-state index contributed by atoms with van der Waals surface area (Å²) in [6.07, 6.45) is 5.57. The number of pyridine rings is 1. The van der Waals surface area contributed by atoms with E-state index in [9.17, 15) is 4.79 Å². The van der Waals surface area contributed by atoms with Crippen molar-refractivity contribution in [1.82, 2.24) is 4.98 Å². The van der Waals surface area contributed by atoms with Gasteiger partial charge < -0.3 is 14.7 Å². The Bertz CT molecular complexity index is 436. The highest BCUT2D eigenvalue weighted by atomic mass is 16.5. The third-order valence-corrected chi connectivity index (χ3v) is 3.54. The summed E-state index contributed by atoms with van der Waals surface area (Å²) in [6, 6.07) is 3.84. The minimum Gasteiger partial charge on any atom is -0.465 e. The standard InChI is InChI=1S/C14H20N2O3/c1-19-14(18)12-7-2-8-15-13(12)16-9-3-5-11(16)6-4-10-17/h2,7-8,11,17H,3-6,9-10H2,1H3. The number of carbonyl (C=O) groups excluding carboxylic acids is 1. The van der Waals surface area contributed by atoms with Crippen LogP contribution in [0.4, 0.5) is 5.82 Å². The van der Waals surface area contributed by atoms with Gasteiger partial charge in [0.25, 0.3) is 0 Å². The lowest BCUT2D eigenvalue weighted by molar-refractivity contribution is 0.0601. The second kappa shape index (κ2) is 6.52. The summed E-state index contributed by atoms with van der Waals surface area (Å²) in [5, 5.41) is 8.96. The van der Waals surface area contributed by atoms with Gasteiger partial charge in [0.2, 0.25) is 0 Å². The van der Waals surface area contributed by atoms with Crippen molar-refractivity contribution in [2.75, 3.05) is 25.2 Å². The van der Waals surface area contributed by atoms with Gasteiger partial charge in [-0.3, -0.25) is 0 Å². The second-order valence-electron chi connectivity index (χ2n) is 4.72. The van der Waals surface area contributed by atoms with Crippen molar-refractivity contribution in [3.63, 3.8) is 0 Å². The van der Waals surface area contributed by atoms with Gasteiger partial charge in [0.05, 0.1) is 7.11 Å². The molecule has 0 saturated carbocycles. The zero-order valence-electron chi connectivity index (χ0n) is 11.2. The van der Waals surface area contributed by atoms with Gasteiger partial charge in [-0.1, -0.05) is 0 Å². The molecule has 0 aromatic carbocycles. The predicted octanol–water partition coefficient (Wildman–Crippen LogP) is 1.61. The Morgan fingerprint density at radius 1 is 1.63 bits per heavy atom. The number of rotatable bonds is 5. The number of ether oxygens (including phenoxy) is 1. The average molecular weight is 264 g/mol. The van der Waals surface area contributed by atoms with E-state index in [1.807, 2.05) is 0 Å². The van der Waals surface area contributed by atoms with Gasteiger partial charge in [0, 0.05) is 25.4 Å². The Balaban J connectivity index is 2.22. The molecule has 1 N–H and O–H groups in total. The van der Waals surface area contributed by atoms with E-state index in [1.165, 1.54) is 7.11 Å². The number of aliphatic hydroxyl groups is 1. The van der Waals surface area contributed by atoms with E-state index in [1.54, 1.807) is 18.3 Å². The quantitative estimate of drug-likeness (QED) is 0.819. The van der Waals surface area contributed by atoms with Crippen molar-refractivity contribution in [2.45, 2.75) is 31.7 Å². The first kappa shape index (κ1) is 13.8. The molecule has 0 aliphatic carbocycles. The Labute approximate surface area is 113 Å². The van der Waals surface area contributed by atoms with Crippen LogP contribution >= 0.6 is 0 Å². The minimum atomic E-state index is -0.351. The lowest BCUT2D eigenvalue weighted by Crippen LogP contribution is -2.31. The van der Waals surface area contributed by atoms with Crippen molar-refractivity contribution in [2.24, 2.45) is 0 Å². The molecule has 2 rings (SSSR count). The largest absolute Gasteiger partial charge is 0.465 e. The fourth-order valence-corrected chi connectivity index (χ4v) is 2.64. The Morgan fingerprint density at radius 2 is 2.47 bits per heavy atom. The monoisotopic (exact) mass is 264 g/mol. The topological polar surface area (TPSA) is 62.7 Å². The van der Waals surface area contributed by atoms with Crippen LogP contribution in [0.2, 0.25) is 0 Å². The summed E-state index contributed by atoms with van der Waals surface area (Å²) in [6.45, 7) is 1.10. The SMILES string of the molecule is COC(=O)c1cccnc1N1CCCC1CCCO. The van der Waals surface area contributed by atoms with E-state index >= 15 is 0 Å². The molecule has 1 aliphatic heterocycles. The van der Waals surface area contributed by atoms with Crippen molar-refractivity contribution >= 4 is 11.8 Å². The average Bonchev–Trinajstić information content (AvgIpc) is 2.92. The number of hydrogen-bond donors (Lipinski definition) is 1. The molecule has 1 unspecified atom stereocenters. The minimum absolute atomic E-state index is 0.205. The van der Waals surface area contributed by atoms with E-state index in [-0.39, 0.29) is 12.6 Å². The van der Waals surface area contributed by atoms with Crippen LogP contribution in [0.1, 0.15) is 36.0 Å². The highest BCUT2D eigenvalue weighted by Gasteiger charge is 2.28. The van der Waals surface area contributed by atoms with Crippen LogP contribution in [-0.2, 0) is 4.74 Å². The number of nitrogens with zero attached hydrogens (tertiary/aromatic N) is 2. The van der Waals surface area contributed by atoms with Crippen molar-refractivity contribution in [1.29, 1.82) is 0 Å². The molecule has 5 heteroatoms. The van der Waals surface area contributed by atoms with Gasteiger partial charge >= 0.3 is 5.97 Å². The maximum atomic E-state index is 11.8. The van der Waals surface area contributed by atoms with Crippen LogP contribution in [0.25, 0.3) is 0 Å². The molecule has 19 heavy (non-hydrogen) atoms. The fourth-order valence-electron chi connectivity index (χ4n) is 2.64. The number of carbonyl (C=O) groups is 1. The molecule has 0 amide bonds. The first-order valence-corrected chi connectivity index (χ1v) is 6.68. The molecule has 1 fully saturated rings. The highest BCUT2D eigenvalue weighted by molar-refractivity contribution is 5.94. The van der Waals surface area contributed by atoms with E-state index in [2.05, 4.69) is 9.88 Å². The smallest absolute Gasteiger partial charge is 0.341 e. The number of esters is 1. The number of aliphatic hydroxyl groups excluding tert-OH is 1. The fraction of sp³-hybridized carbons (Fsp3) is 0.571. The van der Waals surface area contributed by atoms with Crippen LogP contribution in [0, 0.1) is 0 Å². The third-order valence-electron chi connectivity index (χ3n) is 3.54. The van der Waals surface area contributed by atoms with Crippen LogP contribution in [0.5, 0.6) is 0 Å². The molecule has 0 spiro atoms. The van der Waals surface area contributed by atoms with Crippen molar-refractivity contribution in [3.05, 3.63) is 23.9 Å². The van der Waals surface area contributed by atoms with Gasteiger partial charge in [-0.05, 0) is 37.8 Å². The van der Waals surface area contributed by atoms with Crippen LogP contribution in [0.3, 0.4) is 0 Å². The summed E-state index contributed by atoms with van der Waals surface area (Å²) in [7, 11) is 1.38. The molecule has 0 radical (unpaired) electrons. The second-order valence-corrected chi connectivity index (χ2v) is 4.72. The Hall–Kier alpha value is -1.62.